The van der Waals surface area contributed by atoms with Gasteiger partial charge in [-0.05, 0) is 59.9 Å². The number of hydrogen-bond donors (Lipinski definition) is 3. The molecule has 1 fully saturated rings. The van der Waals surface area contributed by atoms with Gasteiger partial charge in [0.1, 0.15) is 0 Å². The molecule has 0 radical (unpaired) electrons. The van der Waals surface area contributed by atoms with Crippen LogP contribution < -0.4 is 10.6 Å². The van der Waals surface area contributed by atoms with Crippen LogP contribution >= 0.6 is 15.9 Å². The number of hydrogen-bond acceptors (Lipinski definition) is 3. The summed E-state index contributed by atoms with van der Waals surface area (Å²) in [7, 11) is 0. The molecular weight excluding hydrogens is 320 g/mol. The van der Waals surface area contributed by atoms with Gasteiger partial charge >= 0.3 is 0 Å². The van der Waals surface area contributed by atoms with Gasteiger partial charge in [-0.25, -0.2) is 0 Å². The molecule has 20 heavy (non-hydrogen) atoms. The molecule has 5 heteroatoms. The first-order chi connectivity index (χ1) is 9.43. The Labute approximate surface area is 128 Å². The van der Waals surface area contributed by atoms with E-state index in [0.29, 0.717) is 16.1 Å². The topological polar surface area (TPSA) is 61.4 Å². The quantitative estimate of drug-likeness (QED) is 0.741. The number of anilines is 1. The summed E-state index contributed by atoms with van der Waals surface area (Å²) in [6.07, 6.45) is 2.15. The van der Waals surface area contributed by atoms with E-state index in [-0.39, 0.29) is 11.7 Å². The highest BCUT2D eigenvalue weighted by Crippen LogP contribution is 2.36. The largest absolute Gasteiger partial charge is 0.505 e. The average molecular weight is 341 g/mol. The van der Waals surface area contributed by atoms with Gasteiger partial charge in [-0.15, -0.1) is 0 Å². The minimum absolute atomic E-state index is 0.0559. The van der Waals surface area contributed by atoms with Crippen molar-refractivity contribution in [1.29, 1.82) is 0 Å². The van der Waals surface area contributed by atoms with Gasteiger partial charge in [0, 0.05) is 5.41 Å². The molecule has 0 saturated carbocycles. The summed E-state index contributed by atoms with van der Waals surface area (Å²) in [4.78, 5) is 12.5. The third-order valence-corrected chi connectivity index (χ3v) is 4.78. The molecule has 1 aromatic rings. The van der Waals surface area contributed by atoms with Gasteiger partial charge in [0.2, 0.25) is 5.91 Å². The summed E-state index contributed by atoms with van der Waals surface area (Å²) in [5, 5.41) is 16.1. The fraction of sp³-hybridized carbons (Fsp3) is 0.533. The molecule has 1 unspecified atom stereocenters. The first-order valence-electron chi connectivity index (χ1n) is 6.92. The highest BCUT2D eigenvalue weighted by atomic mass is 79.9. The fourth-order valence-corrected chi connectivity index (χ4v) is 2.92. The maximum atomic E-state index is 12.5. The van der Waals surface area contributed by atoms with Crippen LogP contribution in [0.2, 0.25) is 0 Å². The van der Waals surface area contributed by atoms with Crippen LogP contribution in [0.25, 0.3) is 0 Å². The molecule has 4 nitrogen and oxygen atoms in total. The number of rotatable bonds is 3. The average Bonchev–Trinajstić information content (AvgIpc) is 2.44. The SMILES string of the molecule is CC(C)(C(=O)Nc1cccc(Br)c1O)C1CCCNC1. The zero-order valence-corrected chi connectivity index (χ0v) is 13.5. The van der Waals surface area contributed by atoms with Crippen LogP contribution in [0.3, 0.4) is 0 Å². The second-order valence-electron chi connectivity index (χ2n) is 5.86. The molecule has 1 saturated heterocycles. The van der Waals surface area contributed by atoms with Crippen LogP contribution in [0, 0.1) is 11.3 Å². The molecule has 0 aliphatic carbocycles. The Hall–Kier alpha value is -1.07. The Kier molecular flexibility index (Phi) is 4.70. The van der Waals surface area contributed by atoms with Gasteiger partial charge in [-0.3, -0.25) is 4.79 Å². The number of aromatic hydroxyl groups is 1. The monoisotopic (exact) mass is 340 g/mol. The van der Waals surface area contributed by atoms with Crippen molar-refractivity contribution in [2.75, 3.05) is 18.4 Å². The minimum Gasteiger partial charge on any atom is -0.505 e. The Bertz CT molecular complexity index is 497. The van der Waals surface area contributed by atoms with Crippen molar-refractivity contribution >= 4 is 27.5 Å². The van der Waals surface area contributed by atoms with E-state index in [2.05, 4.69) is 26.6 Å². The number of phenols is 1. The van der Waals surface area contributed by atoms with Crippen molar-refractivity contribution in [1.82, 2.24) is 5.32 Å². The van der Waals surface area contributed by atoms with E-state index < -0.39 is 5.41 Å². The number of para-hydroxylation sites is 1. The summed E-state index contributed by atoms with van der Waals surface area (Å²) in [6, 6.07) is 5.23. The highest BCUT2D eigenvalue weighted by Gasteiger charge is 2.37. The van der Waals surface area contributed by atoms with E-state index in [4.69, 9.17) is 0 Å². The molecule has 1 aliphatic rings. The van der Waals surface area contributed by atoms with Gasteiger partial charge in [-0.1, -0.05) is 19.9 Å². The number of nitrogens with one attached hydrogen (secondary N) is 2. The number of carbonyl (C=O) groups excluding carboxylic acids is 1. The minimum atomic E-state index is -0.470. The van der Waals surface area contributed by atoms with Crippen LogP contribution in [-0.4, -0.2) is 24.1 Å². The lowest BCUT2D eigenvalue weighted by Crippen LogP contribution is -2.44. The van der Waals surface area contributed by atoms with E-state index in [9.17, 15) is 9.90 Å². The lowest BCUT2D eigenvalue weighted by molar-refractivity contribution is -0.127. The van der Waals surface area contributed by atoms with E-state index in [1.54, 1.807) is 18.2 Å². The maximum Gasteiger partial charge on any atom is 0.230 e. The van der Waals surface area contributed by atoms with E-state index in [1.807, 2.05) is 13.8 Å². The smallest absolute Gasteiger partial charge is 0.230 e. The standard InChI is InChI=1S/C15H21BrN2O2/c1-15(2,10-5-4-8-17-9-10)14(20)18-12-7-3-6-11(16)13(12)19/h3,6-7,10,17,19H,4-5,8-9H2,1-2H3,(H,18,20). The Morgan fingerprint density at radius 2 is 2.25 bits per heavy atom. The number of amides is 1. The molecule has 1 aromatic carbocycles. The summed E-state index contributed by atoms with van der Waals surface area (Å²) >= 11 is 3.25. The van der Waals surface area contributed by atoms with Crippen LogP contribution in [0.1, 0.15) is 26.7 Å². The van der Waals surface area contributed by atoms with Crippen molar-refractivity contribution in [3.8, 4) is 5.75 Å². The number of carbonyl (C=O) groups is 1. The van der Waals surface area contributed by atoms with Crippen LogP contribution in [-0.2, 0) is 4.79 Å². The van der Waals surface area contributed by atoms with Gasteiger partial charge in [0.15, 0.2) is 5.75 Å². The lowest BCUT2D eigenvalue weighted by atomic mass is 9.74. The van der Waals surface area contributed by atoms with Gasteiger partial charge in [-0.2, -0.15) is 0 Å². The molecule has 0 aromatic heterocycles. The van der Waals surface area contributed by atoms with Crippen molar-refractivity contribution in [3.63, 3.8) is 0 Å². The van der Waals surface area contributed by atoms with Gasteiger partial charge in [0.25, 0.3) is 0 Å². The van der Waals surface area contributed by atoms with Crippen molar-refractivity contribution in [3.05, 3.63) is 22.7 Å². The number of benzene rings is 1. The Morgan fingerprint density at radius 3 is 2.90 bits per heavy atom. The van der Waals surface area contributed by atoms with Crippen LogP contribution in [0.5, 0.6) is 5.75 Å². The molecule has 110 valence electrons. The second kappa shape index (κ2) is 6.14. The molecule has 1 aliphatic heterocycles. The normalized spacial score (nSPS) is 19.6. The fourth-order valence-electron chi connectivity index (χ4n) is 2.55. The first-order valence-corrected chi connectivity index (χ1v) is 7.72. The second-order valence-corrected chi connectivity index (χ2v) is 6.71. The van der Waals surface area contributed by atoms with Gasteiger partial charge < -0.3 is 15.7 Å². The molecular formula is C15H21BrN2O2. The zero-order valence-electron chi connectivity index (χ0n) is 11.9. The van der Waals surface area contributed by atoms with E-state index >= 15 is 0 Å². The molecule has 3 N–H and O–H groups in total. The third-order valence-electron chi connectivity index (χ3n) is 4.14. The molecule has 1 heterocycles. The summed E-state index contributed by atoms with van der Waals surface area (Å²) in [6.45, 7) is 5.83. The summed E-state index contributed by atoms with van der Waals surface area (Å²) in [5.41, 5.74) is -0.0245. The van der Waals surface area contributed by atoms with E-state index in [0.717, 1.165) is 25.9 Å². The molecule has 2 rings (SSSR count). The molecule has 1 amide bonds. The molecule has 0 bridgehead atoms. The lowest BCUT2D eigenvalue weighted by Gasteiger charge is -2.36. The summed E-state index contributed by atoms with van der Waals surface area (Å²) < 4.78 is 0.576. The summed E-state index contributed by atoms with van der Waals surface area (Å²) in [5.74, 6) is 0.323. The van der Waals surface area contributed by atoms with Gasteiger partial charge in [0.05, 0.1) is 10.2 Å². The molecule has 1 atom stereocenters. The van der Waals surface area contributed by atoms with Crippen molar-refractivity contribution in [2.45, 2.75) is 26.7 Å². The zero-order chi connectivity index (χ0) is 14.8. The Morgan fingerprint density at radius 1 is 1.50 bits per heavy atom. The molecule has 0 spiro atoms. The van der Waals surface area contributed by atoms with Crippen LogP contribution in [0.4, 0.5) is 5.69 Å². The van der Waals surface area contributed by atoms with Crippen molar-refractivity contribution in [2.24, 2.45) is 11.3 Å². The number of piperidine rings is 1. The highest BCUT2D eigenvalue weighted by molar-refractivity contribution is 9.10. The number of phenolic OH excluding ortho intramolecular Hbond substituents is 1. The van der Waals surface area contributed by atoms with Crippen molar-refractivity contribution < 1.29 is 9.90 Å². The predicted octanol–water partition coefficient (Wildman–Crippen LogP) is 3.12. The Balaban J connectivity index is 2.12. The predicted molar refractivity (Wildman–Crippen MR) is 83.8 cm³/mol. The third kappa shape index (κ3) is 3.15. The first kappa shape index (κ1) is 15.3. The van der Waals surface area contributed by atoms with E-state index in [1.165, 1.54) is 0 Å². The maximum absolute atomic E-state index is 12.5. The number of halogens is 1. The van der Waals surface area contributed by atoms with Crippen LogP contribution in [0.15, 0.2) is 22.7 Å².